The number of nitrogens with one attached hydrogen (secondary N) is 1. The molecule has 0 unspecified atom stereocenters. The summed E-state index contributed by atoms with van der Waals surface area (Å²) in [7, 11) is -0.762. The smallest absolute Gasteiger partial charge is 0.271 e. The van der Waals surface area contributed by atoms with Crippen LogP contribution in [0.2, 0.25) is 0 Å². The molecule has 0 spiro atoms. The Bertz CT molecular complexity index is 1260. The summed E-state index contributed by atoms with van der Waals surface area (Å²) in [6.45, 7) is 3.51. The van der Waals surface area contributed by atoms with Gasteiger partial charge in [0.2, 0.25) is 11.8 Å². The second kappa shape index (κ2) is 8.80. The summed E-state index contributed by atoms with van der Waals surface area (Å²) in [4.78, 5) is 20.6. The fourth-order valence-corrected chi connectivity index (χ4v) is 5.36. The molecule has 0 bridgehead atoms. The van der Waals surface area contributed by atoms with Gasteiger partial charge < -0.3 is 4.74 Å². The van der Waals surface area contributed by atoms with E-state index >= 15 is 0 Å². The maximum Gasteiger partial charge on any atom is 0.271 e. The van der Waals surface area contributed by atoms with Crippen LogP contribution < -0.4 is 14.9 Å². The van der Waals surface area contributed by atoms with Crippen LogP contribution in [-0.4, -0.2) is 38.0 Å². The molecule has 0 amide bonds. The summed E-state index contributed by atoms with van der Waals surface area (Å²) in [5.74, 6) is 0.0437. The van der Waals surface area contributed by atoms with Gasteiger partial charge in [-0.1, -0.05) is 6.92 Å². The van der Waals surface area contributed by atoms with Crippen molar-refractivity contribution in [2.45, 2.75) is 24.5 Å². The molecule has 0 saturated carbocycles. The average molecular weight is 447 g/mol. The molecule has 30 heavy (non-hydrogen) atoms. The van der Waals surface area contributed by atoms with Crippen molar-refractivity contribution in [2.24, 2.45) is 4.99 Å². The van der Waals surface area contributed by atoms with Gasteiger partial charge in [0, 0.05) is 37.0 Å². The molecule has 10 heteroatoms. The van der Waals surface area contributed by atoms with Gasteiger partial charge in [-0.15, -0.1) is 11.3 Å². The Morgan fingerprint density at radius 3 is 2.67 bits per heavy atom. The van der Waals surface area contributed by atoms with Crippen LogP contribution in [0, 0.1) is 6.92 Å². The Labute approximate surface area is 179 Å². The number of carbonyl (C=O) groups excluding carboxylic acids is 1. The normalized spacial score (nSPS) is 12.1. The van der Waals surface area contributed by atoms with Crippen molar-refractivity contribution >= 4 is 33.0 Å². The number of ether oxygens (including phenoxy) is 1. The van der Waals surface area contributed by atoms with Gasteiger partial charge in [-0.3, -0.25) is 19.1 Å². The van der Waals surface area contributed by atoms with Crippen LogP contribution in [0.4, 0.5) is 5.69 Å². The molecule has 3 rings (SSSR count). The predicted octanol–water partition coefficient (Wildman–Crippen LogP) is 3.31. The quantitative estimate of drug-likeness (QED) is 0.626. The number of nitrogens with zero attached hydrogens (tertiary/aromatic N) is 3. The van der Waals surface area contributed by atoms with Crippen molar-refractivity contribution in [1.82, 2.24) is 9.55 Å². The number of methoxy groups -OCH3 is 1. The minimum atomic E-state index is -3.79. The van der Waals surface area contributed by atoms with Crippen LogP contribution >= 0.6 is 11.3 Å². The van der Waals surface area contributed by atoms with Gasteiger partial charge in [0.25, 0.3) is 10.0 Å². The Morgan fingerprint density at radius 2 is 2.07 bits per heavy atom. The number of aromatic nitrogens is 2. The van der Waals surface area contributed by atoms with Gasteiger partial charge in [-0.25, -0.2) is 13.4 Å². The van der Waals surface area contributed by atoms with Gasteiger partial charge >= 0.3 is 0 Å². The van der Waals surface area contributed by atoms with E-state index in [4.69, 9.17) is 4.74 Å². The van der Waals surface area contributed by atoms with Crippen LogP contribution in [0.1, 0.15) is 23.7 Å². The molecule has 0 aliphatic carbocycles. The lowest BCUT2D eigenvalue weighted by Crippen LogP contribution is -2.26. The third kappa shape index (κ3) is 4.29. The maximum absolute atomic E-state index is 12.8. The molecular weight excluding hydrogens is 424 g/mol. The maximum atomic E-state index is 12.8. The zero-order valence-electron chi connectivity index (χ0n) is 17.0. The minimum absolute atomic E-state index is 0.104. The van der Waals surface area contributed by atoms with Crippen LogP contribution in [0.25, 0.3) is 11.1 Å². The zero-order valence-corrected chi connectivity index (χ0v) is 18.7. The summed E-state index contributed by atoms with van der Waals surface area (Å²) in [5, 5.41) is 1.72. The van der Waals surface area contributed by atoms with Crippen molar-refractivity contribution in [3.8, 4) is 17.0 Å². The van der Waals surface area contributed by atoms with Crippen molar-refractivity contribution in [1.29, 1.82) is 0 Å². The molecule has 8 nitrogen and oxygen atoms in total. The van der Waals surface area contributed by atoms with Gasteiger partial charge in [0.15, 0.2) is 0 Å². The second-order valence-corrected chi connectivity index (χ2v) is 9.19. The summed E-state index contributed by atoms with van der Waals surface area (Å²) < 4.78 is 35.1. The summed E-state index contributed by atoms with van der Waals surface area (Å²) in [5.41, 5.74) is 2.71. The van der Waals surface area contributed by atoms with E-state index in [1.165, 1.54) is 11.7 Å². The van der Waals surface area contributed by atoms with E-state index in [0.717, 1.165) is 11.3 Å². The molecule has 0 radical (unpaired) electrons. The number of sulfonamides is 1. The van der Waals surface area contributed by atoms with E-state index in [1.54, 1.807) is 62.9 Å². The Balaban J connectivity index is 2.08. The van der Waals surface area contributed by atoms with Crippen LogP contribution in [0.5, 0.6) is 5.88 Å². The lowest BCUT2D eigenvalue weighted by Gasteiger charge is -2.13. The highest BCUT2D eigenvalue weighted by Gasteiger charge is 2.21. The minimum Gasteiger partial charge on any atom is -0.480 e. The number of anilines is 1. The van der Waals surface area contributed by atoms with Crippen molar-refractivity contribution < 1.29 is 17.9 Å². The highest BCUT2D eigenvalue weighted by Crippen LogP contribution is 2.31. The van der Waals surface area contributed by atoms with Crippen molar-refractivity contribution in [2.75, 3.05) is 18.9 Å². The lowest BCUT2D eigenvalue weighted by atomic mass is 10.1. The van der Waals surface area contributed by atoms with E-state index < -0.39 is 10.0 Å². The van der Waals surface area contributed by atoms with Gasteiger partial charge in [0.1, 0.15) is 15.4 Å². The third-order valence-corrected chi connectivity index (χ3v) is 7.46. The Morgan fingerprint density at radius 1 is 1.30 bits per heavy atom. The monoisotopic (exact) mass is 446 g/mol. The van der Waals surface area contributed by atoms with E-state index in [9.17, 15) is 13.2 Å². The fraction of sp³-hybridized carbons (Fsp3) is 0.250. The molecule has 0 saturated heterocycles. The molecule has 1 N–H and O–H groups in total. The van der Waals surface area contributed by atoms with Gasteiger partial charge in [-0.2, -0.15) is 0 Å². The first kappa shape index (κ1) is 21.7. The van der Waals surface area contributed by atoms with E-state index in [-0.39, 0.29) is 21.7 Å². The molecule has 0 fully saturated rings. The fourth-order valence-electron chi connectivity index (χ4n) is 2.89. The summed E-state index contributed by atoms with van der Waals surface area (Å²) in [6, 6.07) is 6.90. The summed E-state index contributed by atoms with van der Waals surface area (Å²) >= 11 is 1.14. The largest absolute Gasteiger partial charge is 0.480 e. The van der Waals surface area contributed by atoms with Crippen LogP contribution in [0.15, 0.2) is 51.2 Å². The topological polar surface area (TPSA) is 103 Å². The van der Waals surface area contributed by atoms with E-state index in [0.29, 0.717) is 28.6 Å². The standard InChI is InChI=1S/C20H22N4O4S2/c1-5-18(25)24-12-14(6-7-17(24)21-3)15-10-16(19(28-4)22-11-15)23-30(26,27)20-13(2)8-9-29-20/h6-12,23H,5H2,1-4H3. The molecule has 3 aromatic rings. The number of hydrogen-bond donors (Lipinski definition) is 1. The molecular formula is C20H22N4O4S2. The highest BCUT2D eigenvalue weighted by atomic mass is 32.2. The van der Waals surface area contributed by atoms with E-state index in [1.807, 2.05) is 0 Å². The number of rotatable bonds is 6. The molecule has 0 aliphatic rings. The van der Waals surface area contributed by atoms with Gasteiger partial charge in [0.05, 0.1) is 7.11 Å². The average Bonchev–Trinajstić information content (AvgIpc) is 3.19. The highest BCUT2D eigenvalue weighted by molar-refractivity contribution is 7.94. The molecule has 0 atom stereocenters. The molecule has 0 aromatic carbocycles. The zero-order chi connectivity index (χ0) is 21.9. The van der Waals surface area contributed by atoms with Crippen LogP contribution in [-0.2, 0) is 10.0 Å². The first-order chi connectivity index (χ1) is 14.3. The van der Waals surface area contributed by atoms with Gasteiger partial charge in [-0.05, 0) is 42.1 Å². The van der Waals surface area contributed by atoms with E-state index in [2.05, 4.69) is 14.7 Å². The predicted molar refractivity (Wildman–Crippen MR) is 116 cm³/mol. The third-order valence-electron chi connectivity index (χ3n) is 4.41. The number of thiophene rings is 1. The molecule has 158 valence electrons. The molecule has 0 aliphatic heterocycles. The number of hydrogen-bond acceptors (Lipinski definition) is 7. The van der Waals surface area contributed by atoms with Crippen molar-refractivity contribution in [3.05, 3.63) is 53.1 Å². The summed E-state index contributed by atoms with van der Waals surface area (Å²) in [6.07, 6.45) is 3.55. The SMILES string of the molecule is CCC(=O)n1cc(-c2cnc(OC)c(NS(=O)(=O)c3sccc3C)c2)ccc1=NC. The first-order valence-electron chi connectivity index (χ1n) is 9.10. The first-order valence-corrected chi connectivity index (χ1v) is 11.5. The number of pyridine rings is 2. The Kier molecular flexibility index (Phi) is 6.37. The van der Waals surface area contributed by atoms with Crippen LogP contribution in [0.3, 0.4) is 0 Å². The van der Waals surface area contributed by atoms with Crippen molar-refractivity contribution in [3.63, 3.8) is 0 Å². The Hall–Kier alpha value is -2.98. The second-order valence-electron chi connectivity index (χ2n) is 6.39. The molecule has 3 aromatic heterocycles. The lowest BCUT2D eigenvalue weighted by molar-refractivity contribution is 0.0903. The number of carbonyl (C=O) groups is 1. The molecule has 3 heterocycles. The number of aryl methyl sites for hydroxylation is 1.